The fourth-order valence-corrected chi connectivity index (χ4v) is 9.46. The molecule has 23 heavy (non-hydrogen) atoms. The third-order valence-corrected chi connectivity index (χ3v) is 11.1. The molecule has 2 aliphatic heterocycles. The molecule has 0 radical (unpaired) electrons. The maximum atomic E-state index is 12.3. The first-order chi connectivity index (χ1) is 11.1. The Labute approximate surface area is 144 Å². The number of carbonyl (C=O) groups is 4. The molecular weight excluding hydrogens is 485 g/mol. The van der Waals surface area contributed by atoms with Gasteiger partial charge in [0.1, 0.15) is 0 Å². The van der Waals surface area contributed by atoms with Crippen LogP contribution in [0.3, 0.4) is 0 Å². The summed E-state index contributed by atoms with van der Waals surface area (Å²) in [5, 5.41) is 0. The molecular formula is C16H8HgN2O4. The zero-order chi connectivity index (χ0) is 16.1. The van der Waals surface area contributed by atoms with Gasteiger partial charge in [0.05, 0.1) is 0 Å². The molecule has 2 aromatic rings. The maximum absolute atomic E-state index is 12.3. The number of para-hydroxylation sites is 2. The molecule has 0 atom stereocenters. The zero-order valence-electron chi connectivity index (χ0n) is 11.9. The number of rotatable bonds is 2. The normalized spacial score (nSPS) is 15.8. The quantitative estimate of drug-likeness (QED) is 0.469. The molecule has 4 rings (SSSR count). The first-order valence-electron chi connectivity index (χ1n) is 7.00. The molecule has 2 heterocycles. The molecule has 0 spiro atoms. The first-order valence-corrected chi connectivity index (χ1v) is 11.9. The van der Waals surface area contributed by atoms with Crippen molar-refractivity contribution in [2.45, 2.75) is 0 Å². The second kappa shape index (κ2) is 5.09. The zero-order valence-corrected chi connectivity index (χ0v) is 17.4. The topological polar surface area (TPSA) is 74.8 Å². The second-order valence-electron chi connectivity index (χ2n) is 5.30. The summed E-state index contributed by atoms with van der Waals surface area (Å²) < 4.78 is 2.90. The minimum atomic E-state index is -2.60. The number of ketones is 2. The number of anilines is 2. The number of Topliss-reactive ketones (excluding diaryl/α,β-unsaturated/α-hetero) is 2. The van der Waals surface area contributed by atoms with E-state index in [0.717, 1.165) is 0 Å². The van der Waals surface area contributed by atoms with Crippen LogP contribution >= 0.6 is 0 Å². The van der Waals surface area contributed by atoms with Crippen LogP contribution in [0.15, 0.2) is 48.5 Å². The van der Waals surface area contributed by atoms with Crippen molar-refractivity contribution in [1.82, 2.24) is 0 Å². The summed E-state index contributed by atoms with van der Waals surface area (Å²) in [6.45, 7) is 0. The summed E-state index contributed by atoms with van der Waals surface area (Å²) in [5.74, 6) is -2.30. The molecule has 2 aromatic carbocycles. The van der Waals surface area contributed by atoms with E-state index in [0.29, 0.717) is 22.5 Å². The fourth-order valence-electron chi connectivity index (χ4n) is 2.92. The van der Waals surface area contributed by atoms with Gasteiger partial charge in [-0.05, 0) is 0 Å². The van der Waals surface area contributed by atoms with Crippen molar-refractivity contribution in [3.8, 4) is 0 Å². The molecule has 0 saturated carbocycles. The summed E-state index contributed by atoms with van der Waals surface area (Å²) in [7, 11) is 0. The third-order valence-electron chi connectivity index (χ3n) is 4.04. The van der Waals surface area contributed by atoms with Crippen LogP contribution in [-0.2, 0) is 34.8 Å². The molecule has 2 aliphatic rings. The van der Waals surface area contributed by atoms with Gasteiger partial charge < -0.3 is 0 Å². The van der Waals surface area contributed by atoms with E-state index in [9.17, 15) is 19.2 Å². The molecule has 0 aliphatic carbocycles. The van der Waals surface area contributed by atoms with E-state index in [1.165, 1.54) is 5.33 Å². The summed E-state index contributed by atoms with van der Waals surface area (Å²) in [5.41, 5.74) is 1.83. The van der Waals surface area contributed by atoms with Gasteiger partial charge in [-0.3, -0.25) is 0 Å². The van der Waals surface area contributed by atoms with Crippen molar-refractivity contribution in [1.29, 1.82) is 0 Å². The molecule has 0 aromatic heterocycles. The number of hydrogen-bond donors (Lipinski definition) is 0. The molecule has 0 bridgehead atoms. The molecule has 6 nitrogen and oxygen atoms in total. The van der Waals surface area contributed by atoms with E-state index in [4.69, 9.17) is 0 Å². The van der Waals surface area contributed by atoms with Crippen molar-refractivity contribution in [3.05, 3.63) is 59.7 Å². The van der Waals surface area contributed by atoms with E-state index in [2.05, 4.69) is 0 Å². The predicted octanol–water partition coefficient (Wildman–Crippen LogP) is 1.36. The van der Waals surface area contributed by atoms with Crippen molar-refractivity contribution in [3.63, 3.8) is 0 Å². The SMILES string of the molecule is O=C1C(=O)[N]([Hg][N]2C(=O)C(=O)c3ccccc32)c2ccccc21. The molecule has 108 valence electrons. The number of amides is 2. The van der Waals surface area contributed by atoms with Gasteiger partial charge in [-0.1, -0.05) is 0 Å². The number of fused-ring (bicyclic) bond motifs is 2. The van der Waals surface area contributed by atoms with Gasteiger partial charge in [-0.2, -0.15) is 0 Å². The summed E-state index contributed by atoms with van der Waals surface area (Å²) in [6.07, 6.45) is 0. The molecule has 7 heteroatoms. The van der Waals surface area contributed by atoms with Crippen LogP contribution in [0.25, 0.3) is 0 Å². The van der Waals surface area contributed by atoms with Crippen LogP contribution in [0.4, 0.5) is 11.4 Å². The number of nitrogens with zero attached hydrogens (tertiary/aromatic N) is 2. The number of carbonyl (C=O) groups excluding carboxylic acids is 4. The third kappa shape index (κ3) is 1.98. The van der Waals surface area contributed by atoms with Crippen LogP contribution in [0.2, 0.25) is 0 Å². The molecule has 0 unspecified atom stereocenters. The minimum absolute atomic E-state index is 0.365. The number of benzene rings is 2. The van der Waals surface area contributed by atoms with Gasteiger partial charge in [0.15, 0.2) is 0 Å². The number of hydrogen-bond acceptors (Lipinski definition) is 4. The van der Waals surface area contributed by atoms with Crippen molar-refractivity contribution >= 4 is 34.8 Å². The summed E-state index contributed by atoms with van der Waals surface area (Å²) >= 11 is -2.60. The Morgan fingerprint density at radius 3 is 1.43 bits per heavy atom. The van der Waals surface area contributed by atoms with Crippen LogP contribution < -0.4 is 5.33 Å². The van der Waals surface area contributed by atoms with Crippen molar-refractivity contribution in [2.24, 2.45) is 0 Å². The Bertz CT molecular complexity index is 835. The fraction of sp³-hybridized carbons (Fsp3) is 0. The van der Waals surface area contributed by atoms with Crippen LogP contribution in [-0.4, -0.2) is 23.4 Å². The first kappa shape index (κ1) is 14.3. The monoisotopic (exact) mass is 494 g/mol. The summed E-state index contributed by atoms with van der Waals surface area (Å²) in [6, 6.07) is 13.5. The molecule has 2 amide bonds. The van der Waals surface area contributed by atoms with Crippen molar-refractivity contribution < 1.29 is 44.4 Å². The Morgan fingerprint density at radius 2 is 1.00 bits per heavy atom. The Balaban J connectivity index is 1.75. The van der Waals surface area contributed by atoms with E-state index < -0.39 is 48.6 Å². The van der Waals surface area contributed by atoms with E-state index in [1.54, 1.807) is 48.5 Å². The second-order valence-corrected chi connectivity index (χ2v) is 11.3. The van der Waals surface area contributed by atoms with Gasteiger partial charge in [0.25, 0.3) is 0 Å². The standard InChI is InChI=1S/2C8H5NO2.Hg/c2*10-7-5-3-1-2-4-6(5)9-8(7)11;/h2*1-4H,(H,9,10,11);/q;;+2/p-2. The average Bonchev–Trinajstić information content (AvgIpc) is 2.97. The Hall–Kier alpha value is -2.34. The van der Waals surface area contributed by atoms with Crippen LogP contribution in [0, 0.1) is 0 Å². The van der Waals surface area contributed by atoms with E-state index in [1.807, 2.05) is 0 Å². The Morgan fingerprint density at radius 1 is 0.609 bits per heavy atom. The van der Waals surface area contributed by atoms with Crippen LogP contribution in [0.1, 0.15) is 20.7 Å². The van der Waals surface area contributed by atoms with Crippen LogP contribution in [0.5, 0.6) is 0 Å². The van der Waals surface area contributed by atoms with Gasteiger partial charge in [-0.25, -0.2) is 0 Å². The van der Waals surface area contributed by atoms with E-state index in [-0.39, 0.29) is 0 Å². The van der Waals surface area contributed by atoms with Gasteiger partial charge in [-0.15, -0.1) is 0 Å². The summed E-state index contributed by atoms with van der Waals surface area (Å²) in [4.78, 5) is 48.6. The van der Waals surface area contributed by atoms with Gasteiger partial charge in [0.2, 0.25) is 0 Å². The van der Waals surface area contributed by atoms with Gasteiger partial charge >= 0.3 is 144 Å². The Kier molecular flexibility index (Phi) is 3.16. The van der Waals surface area contributed by atoms with Gasteiger partial charge in [0, 0.05) is 0 Å². The van der Waals surface area contributed by atoms with Crippen molar-refractivity contribution in [2.75, 3.05) is 5.33 Å². The molecule has 0 fully saturated rings. The average molecular weight is 493 g/mol. The molecule has 0 saturated heterocycles. The van der Waals surface area contributed by atoms with E-state index >= 15 is 0 Å². The molecule has 0 N–H and O–H groups in total. The predicted molar refractivity (Wildman–Crippen MR) is 76.5 cm³/mol.